The fourth-order valence-corrected chi connectivity index (χ4v) is 2.99. The third kappa shape index (κ3) is 4.09. The Morgan fingerprint density at radius 3 is 2.44 bits per heavy atom. The van der Waals surface area contributed by atoms with Gasteiger partial charge in [0.05, 0.1) is 11.5 Å². The molecule has 2 N–H and O–H groups in total. The predicted octanol–water partition coefficient (Wildman–Crippen LogP) is -0.239. The first-order valence-electron chi connectivity index (χ1n) is 5.68. The van der Waals surface area contributed by atoms with Crippen LogP contribution in [-0.4, -0.2) is 49.9 Å². The summed E-state index contributed by atoms with van der Waals surface area (Å²) in [6.45, 7) is 2.66. The second-order valence-corrected chi connectivity index (χ2v) is 6.59. The number of nitrogens with zero attached hydrogens (tertiary/aromatic N) is 1. The number of carbonyl (C=O) groups is 1. The molecule has 1 aliphatic rings. The van der Waals surface area contributed by atoms with E-state index in [-0.39, 0.29) is 23.5 Å². The Balaban J connectivity index is 2.39. The lowest BCUT2D eigenvalue weighted by Crippen LogP contribution is -2.45. The molecule has 1 aliphatic heterocycles. The lowest BCUT2D eigenvalue weighted by Gasteiger charge is -2.27. The van der Waals surface area contributed by atoms with Gasteiger partial charge in [-0.25, -0.2) is 8.42 Å². The molecular weight excluding hydrogens is 228 g/mol. The first-order valence-corrected chi connectivity index (χ1v) is 7.50. The summed E-state index contributed by atoms with van der Waals surface area (Å²) in [5.41, 5.74) is 5.78. The van der Waals surface area contributed by atoms with E-state index < -0.39 is 9.84 Å². The molecule has 1 rings (SSSR count). The summed E-state index contributed by atoms with van der Waals surface area (Å²) in [6.07, 6.45) is 2.12. The molecule has 1 amide bonds. The topological polar surface area (TPSA) is 80.5 Å². The smallest absolute Gasteiger partial charge is 0.224 e. The average Bonchev–Trinajstić information content (AvgIpc) is 2.17. The van der Waals surface area contributed by atoms with Gasteiger partial charge in [-0.05, 0) is 6.42 Å². The van der Waals surface area contributed by atoms with Crippen LogP contribution in [0.3, 0.4) is 0 Å². The van der Waals surface area contributed by atoms with E-state index in [1.54, 1.807) is 4.90 Å². The number of carbonyl (C=O) groups excluding carboxylic acids is 1. The van der Waals surface area contributed by atoms with E-state index in [4.69, 9.17) is 5.73 Å². The molecule has 1 heterocycles. The van der Waals surface area contributed by atoms with Crippen LogP contribution in [-0.2, 0) is 14.6 Å². The molecule has 0 saturated carbocycles. The molecule has 0 aromatic heterocycles. The molecule has 0 bridgehead atoms. The van der Waals surface area contributed by atoms with Crippen molar-refractivity contribution in [1.29, 1.82) is 0 Å². The Hall–Kier alpha value is -0.620. The summed E-state index contributed by atoms with van der Waals surface area (Å²) in [7, 11) is -2.91. The van der Waals surface area contributed by atoms with Crippen LogP contribution in [0.2, 0.25) is 0 Å². The fraction of sp³-hybridized carbons (Fsp3) is 0.900. The quantitative estimate of drug-likeness (QED) is 0.744. The van der Waals surface area contributed by atoms with Crippen LogP contribution in [0.25, 0.3) is 0 Å². The van der Waals surface area contributed by atoms with E-state index in [1.165, 1.54) is 0 Å². The second-order valence-electron chi connectivity index (χ2n) is 4.29. The number of hydrogen-bond acceptors (Lipinski definition) is 4. The maximum absolute atomic E-state index is 11.7. The van der Waals surface area contributed by atoms with Gasteiger partial charge in [0.25, 0.3) is 0 Å². The average molecular weight is 248 g/mol. The lowest BCUT2D eigenvalue weighted by molar-refractivity contribution is -0.131. The summed E-state index contributed by atoms with van der Waals surface area (Å²) in [4.78, 5) is 13.4. The van der Waals surface area contributed by atoms with Gasteiger partial charge in [0.2, 0.25) is 5.91 Å². The molecule has 1 saturated heterocycles. The summed E-state index contributed by atoms with van der Waals surface area (Å²) >= 11 is 0. The van der Waals surface area contributed by atoms with Gasteiger partial charge in [0, 0.05) is 25.6 Å². The van der Waals surface area contributed by atoms with E-state index >= 15 is 0 Å². The van der Waals surface area contributed by atoms with Crippen molar-refractivity contribution < 1.29 is 13.2 Å². The molecule has 0 spiro atoms. The van der Waals surface area contributed by atoms with Gasteiger partial charge >= 0.3 is 0 Å². The Bertz CT molecular complexity index is 326. The molecule has 1 fully saturated rings. The summed E-state index contributed by atoms with van der Waals surface area (Å²) < 4.78 is 22.4. The zero-order chi connectivity index (χ0) is 12.2. The minimum atomic E-state index is -2.91. The monoisotopic (exact) mass is 248 g/mol. The van der Waals surface area contributed by atoms with Crippen molar-refractivity contribution in [1.82, 2.24) is 4.90 Å². The van der Waals surface area contributed by atoms with E-state index in [1.807, 2.05) is 6.92 Å². The van der Waals surface area contributed by atoms with E-state index in [0.717, 1.165) is 12.8 Å². The Morgan fingerprint density at radius 2 is 1.94 bits per heavy atom. The van der Waals surface area contributed by atoms with Gasteiger partial charge in [-0.3, -0.25) is 4.79 Å². The molecular formula is C10H20N2O3S. The molecule has 1 unspecified atom stereocenters. The Morgan fingerprint density at radius 1 is 1.38 bits per heavy atom. The van der Waals surface area contributed by atoms with Crippen LogP contribution in [0.1, 0.15) is 26.2 Å². The number of amides is 1. The minimum Gasteiger partial charge on any atom is -0.341 e. The molecule has 94 valence electrons. The van der Waals surface area contributed by atoms with Crippen molar-refractivity contribution in [2.24, 2.45) is 5.73 Å². The van der Waals surface area contributed by atoms with Gasteiger partial charge in [0.1, 0.15) is 0 Å². The maximum atomic E-state index is 11.7. The zero-order valence-electron chi connectivity index (χ0n) is 9.68. The standard InChI is InChI=1S/C10H20N2O3S/c1-2-3-9(11)8-10(13)12-4-6-16(14,15)7-5-12/h9H,2-8,11H2,1H3. The molecule has 0 aromatic rings. The molecule has 0 aromatic carbocycles. The normalized spacial score (nSPS) is 21.8. The van der Waals surface area contributed by atoms with Crippen molar-refractivity contribution in [3.8, 4) is 0 Å². The highest BCUT2D eigenvalue weighted by molar-refractivity contribution is 7.91. The minimum absolute atomic E-state index is 0.0177. The van der Waals surface area contributed by atoms with Crippen molar-refractivity contribution >= 4 is 15.7 Å². The Kier molecular flexibility index (Phi) is 4.73. The van der Waals surface area contributed by atoms with Gasteiger partial charge in [-0.1, -0.05) is 13.3 Å². The van der Waals surface area contributed by atoms with Crippen LogP contribution in [0.15, 0.2) is 0 Å². The van der Waals surface area contributed by atoms with Gasteiger partial charge in [-0.2, -0.15) is 0 Å². The maximum Gasteiger partial charge on any atom is 0.224 e. The number of nitrogens with two attached hydrogens (primary N) is 1. The molecule has 5 nitrogen and oxygen atoms in total. The molecule has 6 heteroatoms. The van der Waals surface area contributed by atoms with E-state index in [2.05, 4.69) is 0 Å². The summed E-state index contributed by atoms with van der Waals surface area (Å²) in [5.74, 6) is 0.152. The van der Waals surface area contributed by atoms with Crippen LogP contribution in [0.4, 0.5) is 0 Å². The zero-order valence-corrected chi connectivity index (χ0v) is 10.5. The molecule has 1 atom stereocenters. The Labute approximate surface area is 96.9 Å². The molecule has 0 aliphatic carbocycles. The van der Waals surface area contributed by atoms with Crippen LogP contribution >= 0.6 is 0 Å². The van der Waals surface area contributed by atoms with Gasteiger partial charge in [-0.15, -0.1) is 0 Å². The highest BCUT2D eigenvalue weighted by atomic mass is 32.2. The fourth-order valence-electron chi connectivity index (χ4n) is 1.79. The van der Waals surface area contributed by atoms with E-state index in [0.29, 0.717) is 19.5 Å². The highest BCUT2D eigenvalue weighted by Crippen LogP contribution is 2.08. The van der Waals surface area contributed by atoms with Crippen molar-refractivity contribution in [2.75, 3.05) is 24.6 Å². The largest absolute Gasteiger partial charge is 0.341 e. The first-order chi connectivity index (χ1) is 7.44. The molecule has 16 heavy (non-hydrogen) atoms. The summed E-state index contributed by atoms with van der Waals surface area (Å²) in [5, 5.41) is 0. The highest BCUT2D eigenvalue weighted by Gasteiger charge is 2.25. The van der Waals surface area contributed by atoms with Crippen molar-refractivity contribution in [3.05, 3.63) is 0 Å². The predicted molar refractivity (Wildman–Crippen MR) is 62.7 cm³/mol. The van der Waals surface area contributed by atoms with Crippen molar-refractivity contribution in [2.45, 2.75) is 32.2 Å². The molecule has 0 radical (unpaired) electrons. The lowest BCUT2D eigenvalue weighted by atomic mass is 10.1. The van der Waals surface area contributed by atoms with Crippen LogP contribution < -0.4 is 5.73 Å². The number of rotatable bonds is 4. The first kappa shape index (κ1) is 13.4. The summed E-state index contributed by atoms with van der Waals surface area (Å²) in [6, 6.07) is -0.101. The third-order valence-corrected chi connectivity index (χ3v) is 4.40. The number of sulfone groups is 1. The third-order valence-electron chi connectivity index (χ3n) is 2.79. The van der Waals surface area contributed by atoms with Gasteiger partial charge < -0.3 is 10.6 Å². The van der Waals surface area contributed by atoms with Crippen LogP contribution in [0.5, 0.6) is 0 Å². The SMILES string of the molecule is CCCC(N)CC(=O)N1CCS(=O)(=O)CC1. The second kappa shape index (κ2) is 5.63. The number of hydrogen-bond donors (Lipinski definition) is 1. The van der Waals surface area contributed by atoms with Gasteiger partial charge in [0.15, 0.2) is 9.84 Å². The van der Waals surface area contributed by atoms with Crippen LogP contribution in [0, 0.1) is 0 Å². The van der Waals surface area contributed by atoms with Crippen molar-refractivity contribution in [3.63, 3.8) is 0 Å². The van der Waals surface area contributed by atoms with E-state index in [9.17, 15) is 13.2 Å².